The van der Waals surface area contributed by atoms with Crippen molar-refractivity contribution in [1.29, 1.82) is 0 Å². The first kappa shape index (κ1) is 27.0. The van der Waals surface area contributed by atoms with E-state index in [-0.39, 0.29) is 18.7 Å². The number of carbonyl (C=O) groups is 3. The first-order chi connectivity index (χ1) is 17.1. The molecule has 2 amide bonds. The Labute approximate surface area is 212 Å². The molecule has 0 aromatic heterocycles. The monoisotopic (exact) mass is 496 g/mol. The van der Waals surface area contributed by atoms with Crippen molar-refractivity contribution < 1.29 is 28.6 Å². The molecule has 0 atom stereocenters. The highest BCUT2D eigenvalue weighted by Crippen LogP contribution is 2.37. The SMILES string of the molecule is COC(=O)C1(Cc2cccc(CNC(=O)OCc3ccccc3)c2)CCN(C(=O)OC(C)(C)C)CC1. The van der Waals surface area contributed by atoms with E-state index in [9.17, 15) is 14.4 Å². The summed E-state index contributed by atoms with van der Waals surface area (Å²) in [4.78, 5) is 39.1. The molecule has 0 spiro atoms. The Morgan fingerprint density at radius 1 is 0.944 bits per heavy atom. The summed E-state index contributed by atoms with van der Waals surface area (Å²) in [5.41, 5.74) is 1.48. The predicted molar refractivity (Wildman–Crippen MR) is 135 cm³/mol. The second-order valence-electron chi connectivity index (χ2n) is 10.2. The van der Waals surface area contributed by atoms with Gasteiger partial charge in [0.25, 0.3) is 0 Å². The molecule has 3 rings (SSSR count). The van der Waals surface area contributed by atoms with Crippen molar-refractivity contribution in [3.05, 3.63) is 71.3 Å². The molecule has 194 valence electrons. The van der Waals surface area contributed by atoms with Gasteiger partial charge in [0.2, 0.25) is 0 Å². The molecule has 36 heavy (non-hydrogen) atoms. The maximum absolute atomic E-state index is 12.9. The van der Waals surface area contributed by atoms with Crippen molar-refractivity contribution in [2.45, 2.75) is 58.8 Å². The third-order valence-electron chi connectivity index (χ3n) is 6.17. The lowest BCUT2D eigenvalue weighted by Gasteiger charge is -2.40. The van der Waals surface area contributed by atoms with Gasteiger partial charge in [-0.3, -0.25) is 4.79 Å². The Bertz CT molecular complexity index is 1040. The van der Waals surface area contributed by atoms with E-state index in [1.54, 1.807) is 4.90 Å². The maximum atomic E-state index is 12.9. The van der Waals surface area contributed by atoms with Crippen molar-refractivity contribution in [3.63, 3.8) is 0 Å². The van der Waals surface area contributed by atoms with Crippen molar-refractivity contribution in [2.24, 2.45) is 5.41 Å². The number of piperidine rings is 1. The van der Waals surface area contributed by atoms with E-state index in [0.29, 0.717) is 38.9 Å². The second-order valence-corrected chi connectivity index (χ2v) is 10.2. The topological polar surface area (TPSA) is 94.2 Å². The molecule has 0 unspecified atom stereocenters. The van der Waals surface area contributed by atoms with Gasteiger partial charge in [-0.15, -0.1) is 0 Å². The van der Waals surface area contributed by atoms with Crippen LogP contribution >= 0.6 is 0 Å². The fourth-order valence-electron chi connectivity index (χ4n) is 4.30. The average molecular weight is 497 g/mol. The summed E-state index contributed by atoms with van der Waals surface area (Å²) in [6, 6.07) is 17.2. The first-order valence-corrected chi connectivity index (χ1v) is 12.2. The number of rotatable bonds is 7. The number of ether oxygens (including phenoxy) is 3. The van der Waals surface area contributed by atoms with Gasteiger partial charge in [0, 0.05) is 19.6 Å². The van der Waals surface area contributed by atoms with Crippen LogP contribution in [0.3, 0.4) is 0 Å². The van der Waals surface area contributed by atoms with Gasteiger partial charge in [0.1, 0.15) is 12.2 Å². The Kier molecular flexibility index (Phi) is 8.96. The minimum absolute atomic E-state index is 0.203. The Morgan fingerprint density at radius 2 is 1.58 bits per heavy atom. The zero-order chi connectivity index (χ0) is 26.2. The lowest BCUT2D eigenvalue weighted by Crippen LogP contribution is -2.49. The molecule has 8 nitrogen and oxygen atoms in total. The number of hydrogen-bond acceptors (Lipinski definition) is 6. The zero-order valence-electron chi connectivity index (χ0n) is 21.5. The van der Waals surface area contributed by atoms with Crippen molar-refractivity contribution in [3.8, 4) is 0 Å². The Hall–Kier alpha value is -3.55. The molecule has 1 N–H and O–H groups in total. The van der Waals surface area contributed by atoms with Crippen LogP contribution in [-0.4, -0.2) is 48.9 Å². The van der Waals surface area contributed by atoms with Crippen molar-refractivity contribution >= 4 is 18.2 Å². The molecule has 1 aliphatic heterocycles. The fraction of sp³-hybridized carbons (Fsp3) is 0.464. The van der Waals surface area contributed by atoms with E-state index in [2.05, 4.69) is 5.32 Å². The number of hydrogen-bond donors (Lipinski definition) is 1. The van der Waals surface area contributed by atoms with Crippen LogP contribution in [0.4, 0.5) is 9.59 Å². The third-order valence-corrected chi connectivity index (χ3v) is 6.17. The number of likely N-dealkylation sites (tertiary alicyclic amines) is 1. The Morgan fingerprint density at radius 3 is 2.22 bits per heavy atom. The number of nitrogens with one attached hydrogen (secondary N) is 1. The fourth-order valence-corrected chi connectivity index (χ4v) is 4.30. The number of nitrogens with zero attached hydrogens (tertiary/aromatic N) is 1. The number of amides is 2. The summed E-state index contributed by atoms with van der Waals surface area (Å²) in [7, 11) is 1.39. The van der Waals surface area contributed by atoms with Gasteiger partial charge >= 0.3 is 18.2 Å². The number of methoxy groups -OCH3 is 1. The molecule has 0 bridgehead atoms. The number of benzene rings is 2. The smallest absolute Gasteiger partial charge is 0.410 e. The molecular weight excluding hydrogens is 460 g/mol. The number of alkyl carbamates (subject to hydrolysis) is 1. The number of esters is 1. The minimum atomic E-state index is -0.728. The van der Waals surface area contributed by atoms with Crippen LogP contribution in [0.2, 0.25) is 0 Å². The van der Waals surface area contributed by atoms with Crippen molar-refractivity contribution in [1.82, 2.24) is 10.2 Å². The second kappa shape index (κ2) is 11.9. The van der Waals surface area contributed by atoms with Gasteiger partial charge < -0.3 is 24.4 Å². The van der Waals surface area contributed by atoms with E-state index in [1.807, 2.05) is 75.4 Å². The molecule has 0 aliphatic carbocycles. The van der Waals surface area contributed by atoms with Gasteiger partial charge in [-0.25, -0.2) is 9.59 Å². The van der Waals surface area contributed by atoms with Gasteiger partial charge in [-0.1, -0.05) is 54.6 Å². The first-order valence-electron chi connectivity index (χ1n) is 12.2. The summed E-state index contributed by atoms with van der Waals surface area (Å²) in [5.74, 6) is -0.278. The molecule has 0 radical (unpaired) electrons. The summed E-state index contributed by atoms with van der Waals surface area (Å²) >= 11 is 0. The van der Waals surface area contributed by atoms with Gasteiger partial charge in [0.05, 0.1) is 12.5 Å². The molecule has 1 heterocycles. The van der Waals surface area contributed by atoms with E-state index in [0.717, 1.165) is 16.7 Å². The van der Waals surface area contributed by atoms with Crippen LogP contribution in [0, 0.1) is 5.41 Å². The number of carbonyl (C=O) groups excluding carboxylic acids is 3. The quantitative estimate of drug-likeness (QED) is 0.435. The van der Waals surface area contributed by atoms with Gasteiger partial charge in [-0.2, -0.15) is 0 Å². The summed E-state index contributed by atoms with van der Waals surface area (Å²) in [5, 5.41) is 2.77. The maximum Gasteiger partial charge on any atom is 0.410 e. The molecule has 2 aromatic carbocycles. The van der Waals surface area contributed by atoms with E-state index in [1.165, 1.54) is 7.11 Å². The van der Waals surface area contributed by atoms with E-state index < -0.39 is 17.1 Å². The normalized spacial score (nSPS) is 15.1. The van der Waals surface area contributed by atoms with Crippen LogP contribution in [-0.2, 0) is 38.6 Å². The molecular formula is C28H36N2O6. The van der Waals surface area contributed by atoms with Crippen LogP contribution in [0.15, 0.2) is 54.6 Å². The highest BCUT2D eigenvalue weighted by molar-refractivity contribution is 5.78. The highest BCUT2D eigenvalue weighted by Gasteiger charge is 2.44. The molecule has 8 heteroatoms. The largest absolute Gasteiger partial charge is 0.469 e. The third kappa shape index (κ3) is 7.73. The van der Waals surface area contributed by atoms with Crippen LogP contribution in [0.5, 0.6) is 0 Å². The summed E-state index contributed by atoms with van der Waals surface area (Å²) in [6.07, 6.45) is 0.576. The summed E-state index contributed by atoms with van der Waals surface area (Å²) < 4.78 is 15.9. The molecule has 1 saturated heterocycles. The van der Waals surface area contributed by atoms with Crippen LogP contribution in [0.1, 0.15) is 50.3 Å². The van der Waals surface area contributed by atoms with E-state index >= 15 is 0 Å². The lowest BCUT2D eigenvalue weighted by atomic mass is 9.73. The average Bonchev–Trinajstić information content (AvgIpc) is 2.86. The minimum Gasteiger partial charge on any atom is -0.469 e. The van der Waals surface area contributed by atoms with Gasteiger partial charge in [0.15, 0.2) is 0 Å². The van der Waals surface area contributed by atoms with Crippen LogP contribution in [0.25, 0.3) is 0 Å². The Balaban J connectivity index is 1.58. The molecule has 1 fully saturated rings. The summed E-state index contributed by atoms with van der Waals surface area (Å²) in [6.45, 7) is 6.83. The standard InChI is InChI=1S/C28H36N2O6/c1-27(2,3)36-26(33)30-15-13-28(14-16-30,24(31)34-4)18-22-11-8-12-23(17-22)19-29-25(32)35-20-21-9-6-5-7-10-21/h5-12,17H,13-16,18-20H2,1-4H3,(H,29,32). The molecule has 0 saturated carbocycles. The predicted octanol–water partition coefficient (Wildman–Crippen LogP) is 4.85. The molecule has 1 aliphatic rings. The van der Waals surface area contributed by atoms with Gasteiger partial charge in [-0.05, 0) is 56.7 Å². The van der Waals surface area contributed by atoms with E-state index in [4.69, 9.17) is 14.2 Å². The highest BCUT2D eigenvalue weighted by atomic mass is 16.6. The lowest BCUT2D eigenvalue weighted by molar-refractivity contribution is -0.155. The zero-order valence-corrected chi connectivity index (χ0v) is 21.5. The van der Waals surface area contributed by atoms with Crippen LogP contribution < -0.4 is 5.32 Å². The molecule has 2 aromatic rings. The van der Waals surface area contributed by atoms with Crippen molar-refractivity contribution in [2.75, 3.05) is 20.2 Å².